The minimum Gasteiger partial charge on any atom is -0.439 e. The summed E-state index contributed by atoms with van der Waals surface area (Å²) >= 11 is 1.43. The quantitative estimate of drug-likeness (QED) is 0.723. The second-order valence-corrected chi connectivity index (χ2v) is 6.17. The van der Waals surface area contributed by atoms with Gasteiger partial charge in [-0.05, 0) is 26.0 Å². The van der Waals surface area contributed by atoms with E-state index in [1.165, 1.54) is 11.8 Å². The Labute approximate surface area is 130 Å². The van der Waals surface area contributed by atoms with Gasteiger partial charge in [0.25, 0.3) is 0 Å². The number of thioether (sulfide) groups is 1. The van der Waals surface area contributed by atoms with Crippen molar-refractivity contribution >= 4 is 28.8 Å². The zero-order valence-corrected chi connectivity index (χ0v) is 13.0. The van der Waals surface area contributed by atoms with Gasteiger partial charge in [0, 0.05) is 0 Å². The zero-order chi connectivity index (χ0) is 15.7. The van der Waals surface area contributed by atoms with E-state index in [9.17, 15) is 4.79 Å². The van der Waals surface area contributed by atoms with Crippen LogP contribution in [0.15, 0.2) is 33.8 Å². The van der Waals surface area contributed by atoms with Crippen LogP contribution in [0.1, 0.15) is 23.9 Å². The van der Waals surface area contributed by atoms with Gasteiger partial charge >= 0.3 is 0 Å². The standard InChI is InChI=1S/C14H15N5O2S/c1-8(13-16-10-5-3-4-6-11(10)21-13)22-14-18-17-9(2)19(14)7-12(15)20/h3-6,8H,7H2,1-2H3,(H2,15,20)/t8-/m0/s1. The van der Waals surface area contributed by atoms with E-state index in [0.717, 1.165) is 11.1 Å². The number of rotatable bonds is 5. The average molecular weight is 317 g/mol. The van der Waals surface area contributed by atoms with Crippen molar-refractivity contribution in [2.24, 2.45) is 5.73 Å². The van der Waals surface area contributed by atoms with Gasteiger partial charge in [-0.15, -0.1) is 10.2 Å². The first-order valence-electron chi connectivity index (χ1n) is 6.75. The number of nitrogens with zero attached hydrogens (tertiary/aromatic N) is 4. The third-order valence-corrected chi connectivity index (χ3v) is 4.22. The van der Waals surface area contributed by atoms with Crippen LogP contribution >= 0.6 is 11.8 Å². The number of oxazole rings is 1. The number of primary amides is 1. The topological polar surface area (TPSA) is 99.8 Å². The molecule has 1 amide bonds. The van der Waals surface area contributed by atoms with Crippen molar-refractivity contribution in [3.8, 4) is 0 Å². The molecule has 0 spiro atoms. The first-order valence-corrected chi connectivity index (χ1v) is 7.63. The summed E-state index contributed by atoms with van der Waals surface area (Å²) in [6.45, 7) is 3.81. The molecule has 8 heteroatoms. The molecule has 3 aromatic rings. The number of fused-ring (bicyclic) bond motifs is 1. The number of para-hydroxylation sites is 2. The Hall–Kier alpha value is -2.35. The van der Waals surface area contributed by atoms with E-state index in [2.05, 4.69) is 15.2 Å². The van der Waals surface area contributed by atoms with Gasteiger partial charge in [-0.2, -0.15) is 0 Å². The molecule has 2 aromatic heterocycles. The van der Waals surface area contributed by atoms with Crippen molar-refractivity contribution in [3.05, 3.63) is 36.0 Å². The summed E-state index contributed by atoms with van der Waals surface area (Å²) in [5.74, 6) is 0.822. The molecule has 1 aromatic carbocycles. The van der Waals surface area contributed by atoms with Crippen LogP contribution in [-0.4, -0.2) is 25.7 Å². The zero-order valence-electron chi connectivity index (χ0n) is 12.2. The molecule has 2 N–H and O–H groups in total. The van der Waals surface area contributed by atoms with Crippen molar-refractivity contribution in [2.75, 3.05) is 0 Å². The normalized spacial score (nSPS) is 12.6. The van der Waals surface area contributed by atoms with Crippen LogP contribution in [0.5, 0.6) is 0 Å². The molecule has 7 nitrogen and oxygen atoms in total. The van der Waals surface area contributed by atoms with Gasteiger partial charge in [0.2, 0.25) is 11.8 Å². The van der Waals surface area contributed by atoms with Crippen molar-refractivity contribution < 1.29 is 9.21 Å². The van der Waals surface area contributed by atoms with Gasteiger partial charge in [0.15, 0.2) is 10.7 Å². The van der Waals surface area contributed by atoms with Gasteiger partial charge in [0.05, 0.1) is 5.25 Å². The Bertz CT molecular complexity index is 793. The lowest BCUT2D eigenvalue weighted by atomic mass is 10.3. The molecular formula is C14H15N5O2S. The van der Waals surface area contributed by atoms with E-state index in [4.69, 9.17) is 10.2 Å². The van der Waals surface area contributed by atoms with Crippen molar-refractivity contribution in [3.63, 3.8) is 0 Å². The SMILES string of the molecule is Cc1nnc(S[C@@H](C)c2nc3ccccc3o2)n1CC(N)=O. The molecular weight excluding hydrogens is 302 g/mol. The number of aryl methyl sites for hydroxylation is 1. The predicted octanol–water partition coefficient (Wildman–Crippen LogP) is 2.07. The Morgan fingerprint density at radius 2 is 2.18 bits per heavy atom. The van der Waals surface area contributed by atoms with Crippen LogP contribution in [-0.2, 0) is 11.3 Å². The highest BCUT2D eigenvalue weighted by Gasteiger charge is 2.19. The summed E-state index contributed by atoms with van der Waals surface area (Å²) in [6, 6.07) is 7.60. The first-order chi connectivity index (χ1) is 10.5. The molecule has 0 saturated heterocycles. The minimum atomic E-state index is -0.431. The van der Waals surface area contributed by atoms with Crippen LogP contribution in [0.2, 0.25) is 0 Å². The van der Waals surface area contributed by atoms with Crippen LogP contribution in [0, 0.1) is 6.92 Å². The van der Waals surface area contributed by atoms with E-state index < -0.39 is 5.91 Å². The number of benzene rings is 1. The van der Waals surface area contributed by atoms with E-state index in [-0.39, 0.29) is 11.8 Å². The fraction of sp³-hybridized carbons (Fsp3) is 0.286. The predicted molar refractivity (Wildman–Crippen MR) is 82.2 cm³/mol. The smallest absolute Gasteiger partial charge is 0.237 e. The highest BCUT2D eigenvalue weighted by Crippen LogP contribution is 2.34. The lowest BCUT2D eigenvalue weighted by Crippen LogP contribution is -2.20. The molecule has 1 atom stereocenters. The number of hydrogen-bond donors (Lipinski definition) is 1. The molecule has 0 radical (unpaired) electrons. The number of aromatic nitrogens is 4. The first kappa shape index (κ1) is 14.6. The summed E-state index contributed by atoms with van der Waals surface area (Å²) in [7, 11) is 0. The largest absolute Gasteiger partial charge is 0.439 e. The van der Waals surface area contributed by atoms with Crippen LogP contribution in [0.4, 0.5) is 0 Å². The molecule has 0 saturated carbocycles. The second-order valence-electron chi connectivity index (χ2n) is 4.86. The molecule has 3 rings (SSSR count). The summed E-state index contributed by atoms with van der Waals surface area (Å²) in [6.07, 6.45) is 0. The van der Waals surface area contributed by atoms with Crippen molar-refractivity contribution in [1.29, 1.82) is 0 Å². The summed E-state index contributed by atoms with van der Waals surface area (Å²) in [4.78, 5) is 15.6. The van der Waals surface area contributed by atoms with Gasteiger partial charge in [-0.25, -0.2) is 4.98 Å². The summed E-state index contributed by atoms with van der Waals surface area (Å²) in [5, 5.41) is 8.63. The van der Waals surface area contributed by atoms with Crippen LogP contribution in [0.3, 0.4) is 0 Å². The molecule has 0 aliphatic rings. The van der Waals surface area contributed by atoms with Crippen LogP contribution < -0.4 is 5.73 Å². The van der Waals surface area contributed by atoms with E-state index in [0.29, 0.717) is 16.9 Å². The Kier molecular flexibility index (Phi) is 3.84. The Morgan fingerprint density at radius 3 is 2.91 bits per heavy atom. The van der Waals surface area contributed by atoms with Gasteiger partial charge < -0.3 is 10.2 Å². The molecule has 0 fully saturated rings. The second kappa shape index (κ2) is 5.80. The number of carbonyl (C=O) groups excluding carboxylic acids is 1. The van der Waals surface area contributed by atoms with E-state index in [1.807, 2.05) is 31.2 Å². The highest BCUT2D eigenvalue weighted by molar-refractivity contribution is 7.99. The van der Waals surface area contributed by atoms with Gasteiger partial charge in [-0.3, -0.25) is 9.36 Å². The molecule has 114 valence electrons. The molecule has 0 unspecified atom stereocenters. The Balaban J connectivity index is 1.85. The van der Waals surface area contributed by atoms with Gasteiger partial charge in [-0.1, -0.05) is 23.9 Å². The third-order valence-electron chi connectivity index (χ3n) is 3.16. The lowest BCUT2D eigenvalue weighted by Gasteiger charge is -2.08. The Morgan fingerprint density at radius 1 is 1.41 bits per heavy atom. The lowest BCUT2D eigenvalue weighted by molar-refractivity contribution is -0.118. The van der Waals surface area contributed by atoms with Crippen molar-refractivity contribution in [1.82, 2.24) is 19.7 Å². The fourth-order valence-electron chi connectivity index (χ4n) is 2.06. The average Bonchev–Trinajstić information content (AvgIpc) is 3.05. The summed E-state index contributed by atoms with van der Waals surface area (Å²) in [5.41, 5.74) is 6.83. The van der Waals surface area contributed by atoms with E-state index in [1.54, 1.807) is 11.5 Å². The maximum absolute atomic E-state index is 11.2. The monoisotopic (exact) mass is 317 g/mol. The van der Waals surface area contributed by atoms with Crippen molar-refractivity contribution in [2.45, 2.75) is 30.8 Å². The fourth-order valence-corrected chi connectivity index (χ4v) is 2.99. The summed E-state index contributed by atoms with van der Waals surface area (Å²) < 4.78 is 7.44. The maximum Gasteiger partial charge on any atom is 0.237 e. The van der Waals surface area contributed by atoms with E-state index >= 15 is 0 Å². The molecule has 0 aliphatic heterocycles. The third kappa shape index (κ3) is 2.82. The molecule has 0 aliphatic carbocycles. The number of hydrogen-bond acceptors (Lipinski definition) is 6. The van der Waals surface area contributed by atoms with Crippen LogP contribution in [0.25, 0.3) is 11.1 Å². The molecule has 2 heterocycles. The number of nitrogens with two attached hydrogens (primary N) is 1. The minimum absolute atomic E-state index is 0.0570. The number of amides is 1. The number of carbonyl (C=O) groups is 1. The molecule has 0 bridgehead atoms. The maximum atomic E-state index is 11.2. The highest BCUT2D eigenvalue weighted by atomic mass is 32.2. The molecule has 22 heavy (non-hydrogen) atoms. The van der Waals surface area contributed by atoms with Gasteiger partial charge in [0.1, 0.15) is 17.9 Å².